The Kier molecular flexibility index (Phi) is 5.71. The van der Waals surface area contributed by atoms with Crippen molar-refractivity contribution in [3.8, 4) is 5.75 Å². The number of amides is 1. The predicted molar refractivity (Wildman–Crippen MR) is 83.6 cm³/mol. The molecule has 0 aliphatic heterocycles. The maximum atomic E-state index is 13.4. The highest BCUT2D eigenvalue weighted by Crippen LogP contribution is 2.25. The fraction of sp³-hybridized carbons (Fsp3) is 0.533. The van der Waals surface area contributed by atoms with Crippen molar-refractivity contribution in [1.29, 1.82) is 0 Å². The fourth-order valence-electron chi connectivity index (χ4n) is 1.55. The van der Waals surface area contributed by atoms with E-state index in [0.717, 1.165) is 0 Å². The molecule has 118 valence electrons. The number of carbonyl (C=O) groups is 1. The molecule has 1 amide bonds. The van der Waals surface area contributed by atoms with Gasteiger partial charge in [0.2, 0.25) is 5.91 Å². The first-order valence-electron chi connectivity index (χ1n) is 6.70. The third kappa shape index (κ3) is 6.87. The summed E-state index contributed by atoms with van der Waals surface area (Å²) in [6, 6.07) is 6.65. The largest absolute Gasteiger partial charge is 0.455 e. The van der Waals surface area contributed by atoms with Gasteiger partial charge >= 0.3 is 0 Å². The second kappa shape index (κ2) is 6.71. The standard InChI is InChI=1S/C15H23FNO3P/c1-14(2,3)13(19)17-12(18)9-10-6-5-7-11(8-10)20-15(4,16)21/h5-8,13,19H,9,21H2,1-4H3,(H,17,18). The Morgan fingerprint density at radius 1 is 1.43 bits per heavy atom. The number of hydrogen-bond donors (Lipinski definition) is 2. The van der Waals surface area contributed by atoms with Crippen LogP contribution in [0.15, 0.2) is 24.3 Å². The highest BCUT2D eigenvalue weighted by atomic mass is 31.0. The van der Waals surface area contributed by atoms with Crippen LogP contribution in [-0.2, 0) is 11.2 Å². The average Bonchev–Trinajstić information content (AvgIpc) is 2.25. The van der Waals surface area contributed by atoms with Gasteiger partial charge in [0.1, 0.15) is 12.0 Å². The number of alkyl halides is 1. The summed E-state index contributed by atoms with van der Waals surface area (Å²) < 4.78 is 18.5. The monoisotopic (exact) mass is 315 g/mol. The number of aliphatic hydroxyl groups excluding tert-OH is 1. The number of hydrogen-bond acceptors (Lipinski definition) is 3. The molecule has 0 saturated carbocycles. The van der Waals surface area contributed by atoms with Crippen molar-refractivity contribution in [2.75, 3.05) is 0 Å². The van der Waals surface area contributed by atoms with Crippen molar-refractivity contribution < 1.29 is 19.0 Å². The molecule has 0 spiro atoms. The highest BCUT2D eigenvalue weighted by Gasteiger charge is 2.23. The Balaban J connectivity index is 2.67. The van der Waals surface area contributed by atoms with E-state index in [0.29, 0.717) is 11.3 Å². The van der Waals surface area contributed by atoms with Crippen molar-refractivity contribution in [1.82, 2.24) is 5.32 Å². The summed E-state index contributed by atoms with van der Waals surface area (Å²) in [7, 11) is 1.95. The zero-order valence-electron chi connectivity index (χ0n) is 12.8. The lowest BCUT2D eigenvalue weighted by Crippen LogP contribution is -2.44. The van der Waals surface area contributed by atoms with E-state index in [1.165, 1.54) is 6.92 Å². The molecule has 0 saturated heterocycles. The zero-order chi connectivity index (χ0) is 16.3. The van der Waals surface area contributed by atoms with E-state index in [9.17, 15) is 14.3 Å². The summed E-state index contributed by atoms with van der Waals surface area (Å²) in [6.45, 7) is 6.75. The van der Waals surface area contributed by atoms with E-state index < -0.39 is 17.2 Å². The molecule has 4 nitrogen and oxygen atoms in total. The number of nitrogens with one attached hydrogen (secondary N) is 1. The summed E-state index contributed by atoms with van der Waals surface area (Å²) in [6.07, 6.45) is -0.838. The van der Waals surface area contributed by atoms with Crippen molar-refractivity contribution in [3.63, 3.8) is 0 Å². The molecule has 6 heteroatoms. The van der Waals surface area contributed by atoms with Crippen LogP contribution < -0.4 is 10.1 Å². The van der Waals surface area contributed by atoms with Gasteiger partial charge in [-0.2, -0.15) is 4.39 Å². The van der Waals surface area contributed by atoms with Crippen molar-refractivity contribution in [2.24, 2.45) is 5.41 Å². The first-order valence-corrected chi connectivity index (χ1v) is 7.28. The molecule has 2 N–H and O–H groups in total. The van der Waals surface area contributed by atoms with E-state index in [2.05, 4.69) is 5.32 Å². The van der Waals surface area contributed by atoms with Crippen LogP contribution in [0.4, 0.5) is 4.39 Å². The van der Waals surface area contributed by atoms with Crippen LogP contribution in [0.3, 0.4) is 0 Å². The number of carbonyl (C=O) groups excluding carboxylic acids is 1. The highest BCUT2D eigenvalue weighted by molar-refractivity contribution is 7.18. The number of ether oxygens (including phenoxy) is 1. The van der Waals surface area contributed by atoms with Gasteiger partial charge in [-0.3, -0.25) is 4.79 Å². The lowest BCUT2D eigenvalue weighted by molar-refractivity contribution is -0.125. The number of rotatable bonds is 5. The van der Waals surface area contributed by atoms with Crippen molar-refractivity contribution in [2.45, 2.75) is 45.9 Å². The minimum atomic E-state index is -1.86. The van der Waals surface area contributed by atoms with Gasteiger partial charge in [0, 0.05) is 12.3 Å². The van der Waals surface area contributed by atoms with Crippen LogP contribution in [0, 0.1) is 5.41 Å². The summed E-state index contributed by atoms with van der Waals surface area (Å²) in [5.41, 5.74) is -1.61. The van der Waals surface area contributed by atoms with Crippen LogP contribution >= 0.6 is 9.24 Å². The second-order valence-electron chi connectivity index (χ2n) is 6.25. The Labute approximate surface area is 127 Å². The van der Waals surface area contributed by atoms with Crippen LogP contribution in [0.2, 0.25) is 0 Å². The Morgan fingerprint density at radius 3 is 2.57 bits per heavy atom. The maximum absolute atomic E-state index is 13.4. The molecule has 1 aromatic carbocycles. The number of halogens is 1. The van der Waals surface area contributed by atoms with Crippen molar-refractivity contribution in [3.05, 3.63) is 29.8 Å². The lowest BCUT2D eigenvalue weighted by atomic mass is 9.94. The topological polar surface area (TPSA) is 58.6 Å². The Hall–Kier alpha value is -1.19. The lowest BCUT2D eigenvalue weighted by Gasteiger charge is -2.26. The smallest absolute Gasteiger partial charge is 0.256 e. The average molecular weight is 315 g/mol. The van der Waals surface area contributed by atoms with E-state index in [-0.39, 0.29) is 12.3 Å². The summed E-state index contributed by atoms with van der Waals surface area (Å²) in [5.74, 6) is 0.0418. The first kappa shape index (κ1) is 17.9. The molecule has 0 radical (unpaired) electrons. The molecular weight excluding hydrogens is 292 g/mol. The van der Waals surface area contributed by atoms with Gasteiger partial charge in [-0.1, -0.05) is 42.1 Å². The quantitative estimate of drug-likeness (QED) is 0.649. The van der Waals surface area contributed by atoms with Crippen molar-refractivity contribution >= 4 is 15.1 Å². The minimum Gasteiger partial charge on any atom is -0.455 e. The van der Waals surface area contributed by atoms with Gasteiger partial charge in [-0.25, -0.2) is 0 Å². The summed E-state index contributed by atoms with van der Waals surface area (Å²) in [4.78, 5) is 11.9. The van der Waals surface area contributed by atoms with Crippen LogP contribution in [0.5, 0.6) is 5.75 Å². The molecule has 1 rings (SSSR count). The fourth-order valence-corrected chi connectivity index (χ4v) is 1.69. The molecule has 3 unspecified atom stereocenters. The second-order valence-corrected chi connectivity index (χ2v) is 7.28. The van der Waals surface area contributed by atoms with Gasteiger partial charge in [0.15, 0.2) is 0 Å². The number of aliphatic hydroxyl groups is 1. The minimum absolute atomic E-state index is 0.0875. The Morgan fingerprint density at radius 2 is 2.05 bits per heavy atom. The van der Waals surface area contributed by atoms with Gasteiger partial charge in [0.05, 0.1) is 6.42 Å². The normalized spacial score (nSPS) is 16.0. The van der Waals surface area contributed by atoms with Gasteiger partial charge in [-0.15, -0.1) is 0 Å². The molecule has 0 fully saturated rings. The third-order valence-corrected chi connectivity index (χ3v) is 2.82. The van der Waals surface area contributed by atoms with E-state index >= 15 is 0 Å². The first-order chi connectivity index (χ1) is 9.47. The van der Waals surface area contributed by atoms with E-state index in [1.54, 1.807) is 24.3 Å². The Bertz CT molecular complexity index is 494. The van der Waals surface area contributed by atoms with Crippen LogP contribution in [0.1, 0.15) is 33.3 Å². The maximum Gasteiger partial charge on any atom is 0.256 e. The molecule has 3 atom stereocenters. The van der Waals surface area contributed by atoms with Gasteiger partial charge < -0.3 is 15.2 Å². The van der Waals surface area contributed by atoms with E-state index in [4.69, 9.17) is 4.74 Å². The zero-order valence-corrected chi connectivity index (χ0v) is 14.0. The van der Waals surface area contributed by atoms with E-state index in [1.807, 2.05) is 30.0 Å². The summed E-state index contributed by atoms with van der Waals surface area (Å²) >= 11 is 0. The van der Waals surface area contributed by atoms with Gasteiger partial charge in [-0.05, 0) is 17.7 Å². The third-order valence-electron chi connectivity index (χ3n) is 2.70. The molecule has 21 heavy (non-hydrogen) atoms. The molecule has 0 aliphatic rings. The number of benzene rings is 1. The predicted octanol–water partition coefficient (Wildman–Crippen LogP) is 2.61. The van der Waals surface area contributed by atoms with Gasteiger partial charge in [0.25, 0.3) is 5.60 Å². The molecule has 1 aromatic rings. The molecule has 0 aliphatic carbocycles. The SMILES string of the molecule is CC(F)(P)Oc1cccc(CC(=O)NC(O)C(C)(C)C)c1. The molecule has 0 heterocycles. The van der Waals surface area contributed by atoms with Crippen LogP contribution in [-0.4, -0.2) is 22.8 Å². The molecular formula is C15H23FNO3P. The molecule has 0 aromatic heterocycles. The summed E-state index contributed by atoms with van der Waals surface area (Å²) in [5, 5.41) is 12.4. The molecule has 0 bridgehead atoms. The van der Waals surface area contributed by atoms with Crippen LogP contribution in [0.25, 0.3) is 0 Å².